The summed E-state index contributed by atoms with van der Waals surface area (Å²) in [7, 11) is 0. The Balaban J connectivity index is 0.00000256. The van der Waals surface area contributed by atoms with Crippen LogP contribution in [-0.4, -0.2) is 73.6 Å². The molecule has 1 aromatic rings. The minimum atomic E-state index is 0. The summed E-state index contributed by atoms with van der Waals surface area (Å²) >= 11 is 0. The maximum atomic E-state index is 12.8. The van der Waals surface area contributed by atoms with Crippen LogP contribution in [0.5, 0.6) is 0 Å². The monoisotopic (exact) mass is 530 g/mol. The summed E-state index contributed by atoms with van der Waals surface area (Å²) < 4.78 is 10.8. The van der Waals surface area contributed by atoms with Crippen molar-refractivity contribution in [3.8, 4) is 0 Å². The molecule has 2 saturated heterocycles. The first kappa shape index (κ1) is 23.4. The van der Waals surface area contributed by atoms with Gasteiger partial charge in [-0.15, -0.1) is 24.0 Å². The highest BCUT2D eigenvalue weighted by molar-refractivity contribution is 14.0. The summed E-state index contributed by atoms with van der Waals surface area (Å²) in [5.74, 6) is 2.44. The summed E-state index contributed by atoms with van der Waals surface area (Å²) in [6, 6.07) is 4.46. The molecule has 1 saturated carbocycles. The van der Waals surface area contributed by atoms with Gasteiger partial charge in [0.1, 0.15) is 5.76 Å². The van der Waals surface area contributed by atoms with Gasteiger partial charge in [-0.05, 0) is 37.8 Å². The molecule has 3 heterocycles. The highest BCUT2D eigenvalue weighted by atomic mass is 127. The van der Waals surface area contributed by atoms with Crippen LogP contribution in [0.2, 0.25) is 0 Å². The van der Waals surface area contributed by atoms with Crippen molar-refractivity contribution in [1.82, 2.24) is 15.1 Å². The Morgan fingerprint density at radius 3 is 2.47 bits per heavy atom. The number of hydrogen-bond donors (Lipinski definition) is 1. The molecule has 1 N–H and O–H groups in total. The molecule has 0 unspecified atom stereocenters. The maximum absolute atomic E-state index is 12.8. The first-order valence-electron chi connectivity index (χ1n) is 11.2. The molecular formula is C22H35IN4O3. The Labute approximate surface area is 196 Å². The highest BCUT2D eigenvalue weighted by Crippen LogP contribution is 2.22. The number of hydrogen-bond acceptors (Lipinski definition) is 4. The van der Waals surface area contributed by atoms with Crippen LogP contribution < -0.4 is 5.32 Å². The second-order valence-electron chi connectivity index (χ2n) is 8.36. The van der Waals surface area contributed by atoms with Crippen LogP contribution in [-0.2, 0) is 16.0 Å². The molecule has 1 aliphatic carbocycles. The third kappa shape index (κ3) is 6.35. The van der Waals surface area contributed by atoms with Gasteiger partial charge >= 0.3 is 0 Å². The number of furan rings is 1. The Morgan fingerprint density at radius 2 is 1.80 bits per heavy atom. The Hall–Kier alpha value is -1.29. The van der Waals surface area contributed by atoms with Crippen LogP contribution >= 0.6 is 24.0 Å². The standard InChI is InChI=1S/C22H34N4O3.HI/c27-21(25-13-16-28-17-14-25)18-8-11-26(12-9-18)22(24-19-4-1-2-5-19)23-10-7-20-6-3-15-29-20;/h3,6,15,18-19H,1-2,4-5,7-14,16-17H2,(H,23,24);1H. The number of piperidine rings is 1. The van der Waals surface area contributed by atoms with Crippen molar-refractivity contribution in [3.05, 3.63) is 24.2 Å². The third-order valence-electron chi connectivity index (χ3n) is 6.35. The number of guanidine groups is 1. The molecule has 1 amide bonds. The van der Waals surface area contributed by atoms with E-state index in [0.717, 1.165) is 63.7 Å². The number of carbonyl (C=O) groups excluding carboxylic acids is 1. The summed E-state index contributed by atoms with van der Waals surface area (Å²) in [5.41, 5.74) is 0. The molecular weight excluding hydrogens is 495 g/mol. The number of morpholine rings is 1. The van der Waals surface area contributed by atoms with Gasteiger partial charge in [-0.3, -0.25) is 9.79 Å². The van der Waals surface area contributed by atoms with Crippen LogP contribution in [0, 0.1) is 5.92 Å². The van der Waals surface area contributed by atoms with Crippen molar-refractivity contribution < 1.29 is 13.9 Å². The van der Waals surface area contributed by atoms with Gasteiger partial charge in [-0.1, -0.05) is 12.8 Å². The molecule has 0 spiro atoms. The fourth-order valence-corrected chi connectivity index (χ4v) is 4.60. The number of rotatable bonds is 5. The lowest BCUT2D eigenvalue weighted by Gasteiger charge is -2.37. The Morgan fingerprint density at radius 1 is 1.07 bits per heavy atom. The number of nitrogens with one attached hydrogen (secondary N) is 1. The second-order valence-corrected chi connectivity index (χ2v) is 8.36. The van der Waals surface area contributed by atoms with Crippen LogP contribution in [0.25, 0.3) is 0 Å². The molecule has 4 rings (SSSR count). The molecule has 1 aromatic heterocycles. The van der Waals surface area contributed by atoms with Gasteiger partial charge in [0, 0.05) is 51.1 Å². The third-order valence-corrected chi connectivity index (χ3v) is 6.35. The van der Waals surface area contributed by atoms with Crippen LogP contribution in [0.4, 0.5) is 0 Å². The summed E-state index contributed by atoms with van der Waals surface area (Å²) in [6.45, 7) is 5.31. The average Bonchev–Trinajstić information content (AvgIpc) is 3.48. The van der Waals surface area contributed by atoms with E-state index in [9.17, 15) is 4.79 Å². The first-order valence-corrected chi connectivity index (χ1v) is 11.2. The van der Waals surface area contributed by atoms with E-state index in [1.807, 2.05) is 17.0 Å². The van der Waals surface area contributed by atoms with E-state index < -0.39 is 0 Å². The van der Waals surface area contributed by atoms with E-state index in [0.29, 0.717) is 25.2 Å². The van der Waals surface area contributed by atoms with E-state index >= 15 is 0 Å². The van der Waals surface area contributed by atoms with Crippen molar-refractivity contribution in [1.29, 1.82) is 0 Å². The number of likely N-dealkylation sites (tertiary alicyclic amines) is 1. The van der Waals surface area contributed by atoms with Gasteiger partial charge in [0.15, 0.2) is 5.96 Å². The molecule has 0 bridgehead atoms. The molecule has 0 atom stereocenters. The fourth-order valence-electron chi connectivity index (χ4n) is 4.60. The van der Waals surface area contributed by atoms with Crippen LogP contribution in [0.3, 0.4) is 0 Å². The van der Waals surface area contributed by atoms with Crippen molar-refractivity contribution in [3.63, 3.8) is 0 Å². The molecule has 3 fully saturated rings. The number of carbonyl (C=O) groups is 1. The van der Waals surface area contributed by atoms with E-state index in [4.69, 9.17) is 14.1 Å². The van der Waals surface area contributed by atoms with E-state index in [2.05, 4.69) is 10.2 Å². The Bertz CT molecular complexity index is 662. The van der Waals surface area contributed by atoms with Crippen molar-refractivity contribution in [2.75, 3.05) is 45.9 Å². The summed E-state index contributed by atoms with van der Waals surface area (Å²) in [5, 5.41) is 3.71. The zero-order valence-corrected chi connectivity index (χ0v) is 20.1. The lowest BCUT2D eigenvalue weighted by atomic mass is 9.95. The molecule has 30 heavy (non-hydrogen) atoms. The van der Waals surface area contributed by atoms with E-state index in [1.54, 1.807) is 6.26 Å². The predicted octanol–water partition coefficient (Wildman–Crippen LogP) is 2.90. The molecule has 3 aliphatic rings. The summed E-state index contributed by atoms with van der Waals surface area (Å²) in [4.78, 5) is 22.0. The topological polar surface area (TPSA) is 70.3 Å². The average molecular weight is 530 g/mol. The minimum absolute atomic E-state index is 0. The van der Waals surface area contributed by atoms with Crippen LogP contribution in [0.15, 0.2) is 27.8 Å². The molecule has 7 nitrogen and oxygen atoms in total. The van der Waals surface area contributed by atoms with E-state index in [-0.39, 0.29) is 29.9 Å². The number of aliphatic imine (C=N–C) groups is 1. The van der Waals surface area contributed by atoms with Gasteiger partial charge in [-0.2, -0.15) is 0 Å². The van der Waals surface area contributed by atoms with Gasteiger partial charge in [-0.25, -0.2) is 0 Å². The number of halogens is 1. The van der Waals surface area contributed by atoms with Gasteiger partial charge < -0.3 is 24.3 Å². The lowest BCUT2D eigenvalue weighted by molar-refractivity contribution is -0.140. The zero-order chi connectivity index (χ0) is 19.9. The number of ether oxygens (including phenoxy) is 1. The lowest BCUT2D eigenvalue weighted by Crippen LogP contribution is -2.51. The van der Waals surface area contributed by atoms with Crippen molar-refractivity contribution in [2.45, 2.75) is 51.0 Å². The van der Waals surface area contributed by atoms with Crippen molar-refractivity contribution in [2.24, 2.45) is 10.9 Å². The SMILES string of the molecule is I.O=C(C1CCN(C(=NCCc2ccco2)NC2CCCC2)CC1)N1CCOCC1. The Kier molecular flexibility index (Phi) is 9.29. The molecule has 0 aromatic carbocycles. The normalized spacial score (nSPS) is 21.5. The predicted molar refractivity (Wildman–Crippen MR) is 127 cm³/mol. The molecule has 2 aliphatic heterocycles. The minimum Gasteiger partial charge on any atom is -0.469 e. The van der Waals surface area contributed by atoms with Crippen LogP contribution in [0.1, 0.15) is 44.3 Å². The summed E-state index contributed by atoms with van der Waals surface area (Å²) in [6.07, 6.45) is 9.38. The van der Waals surface area contributed by atoms with Crippen molar-refractivity contribution >= 4 is 35.8 Å². The molecule has 0 radical (unpaired) electrons. The highest BCUT2D eigenvalue weighted by Gasteiger charge is 2.31. The fraction of sp³-hybridized carbons (Fsp3) is 0.727. The van der Waals surface area contributed by atoms with Gasteiger partial charge in [0.2, 0.25) is 5.91 Å². The van der Waals surface area contributed by atoms with E-state index in [1.165, 1.54) is 25.7 Å². The number of amides is 1. The molecule has 168 valence electrons. The van der Waals surface area contributed by atoms with Gasteiger partial charge in [0.25, 0.3) is 0 Å². The number of nitrogens with zero attached hydrogens (tertiary/aromatic N) is 3. The smallest absolute Gasteiger partial charge is 0.225 e. The largest absolute Gasteiger partial charge is 0.469 e. The quantitative estimate of drug-likeness (QED) is 0.360. The molecule has 8 heteroatoms. The first-order chi connectivity index (χ1) is 14.3. The second kappa shape index (κ2) is 11.9. The maximum Gasteiger partial charge on any atom is 0.225 e. The van der Waals surface area contributed by atoms with Gasteiger partial charge in [0.05, 0.1) is 19.5 Å². The zero-order valence-electron chi connectivity index (χ0n) is 17.8.